The number of hydrogen-bond acceptors (Lipinski definition) is 8. The van der Waals surface area contributed by atoms with Crippen molar-refractivity contribution in [2.75, 3.05) is 20.3 Å². The highest BCUT2D eigenvalue weighted by molar-refractivity contribution is 5.90. The van der Waals surface area contributed by atoms with Crippen LogP contribution in [0.1, 0.15) is 24.2 Å². The molecule has 0 saturated heterocycles. The van der Waals surface area contributed by atoms with Gasteiger partial charge in [0.1, 0.15) is 0 Å². The van der Waals surface area contributed by atoms with Gasteiger partial charge in [-0.2, -0.15) is 4.98 Å². The van der Waals surface area contributed by atoms with E-state index < -0.39 is 5.97 Å². The predicted octanol–water partition coefficient (Wildman–Crippen LogP) is 3.38. The van der Waals surface area contributed by atoms with Gasteiger partial charge in [-0.05, 0) is 38.1 Å². The molecule has 8 heteroatoms. The molecule has 8 nitrogen and oxygen atoms in total. The third kappa shape index (κ3) is 4.05. The molecule has 0 unspecified atom stereocenters. The lowest BCUT2D eigenvalue weighted by Gasteiger charge is -2.11. The first-order chi connectivity index (χ1) is 13.2. The molecule has 0 amide bonds. The summed E-state index contributed by atoms with van der Waals surface area (Å²) in [7, 11) is 1.31. The predicted molar refractivity (Wildman–Crippen MR) is 96.6 cm³/mol. The highest BCUT2D eigenvalue weighted by Gasteiger charge is 2.15. The van der Waals surface area contributed by atoms with Gasteiger partial charge in [0.2, 0.25) is 5.82 Å². The van der Waals surface area contributed by atoms with Crippen LogP contribution in [0, 0.1) is 0 Å². The maximum Gasteiger partial charge on any atom is 0.339 e. The van der Waals surface area contributed by atoms with Crippen LogP contribution in [0.4, 0.5) is 0 Å². The van der Waals surface area contributed by atoms with Gasteiger partial charge < -0.3 is 18.7 Å². The maximum absolute atomic E-state index is 11.7. The summed E-state index contributed by atoms with van der Waals surface area (Å²) in [6.45, 7) is 4.84. The summed E-state index contributed by atoms with van der Waals surface area (Å²) >= 11 is 0. The van der Waals surface area contributed by atoms with Crippen LogP contribution in [0.3, 0.4) is 0 Å². The van der Waals surface area contributed by atoms with E-state index in [2.05, 4.69) is 15.1 Å². The summed E-state index contributed by atoms with van der Waals surface area (Å²) in [4.78, 5) is 20.1. The minimum absolute atomic E-state index is 0.307. The topological polar surface area (TPSA) is 96.6 Å². The van der Waals surface area contributed by atoms with E-state index in [9.17, 15) is 4.79 Å². The van der Waals surface area contributed by atoms with Crippen molar-refractivity contribution in [2.45, 2.75) is 13.8 Å². The van der Waals surface area contributed by atoms with Crippen LogP contribution in [-0.4, -0.2) is 41.4 Å². The van der Waals surface area contributed by atoms with Gasteiger partial charge in [0.05, 0.1) is 25.9 Å². The molecule has 0 radical (unpaired) electrons. The molecule has 0 saturated carbocycles. The minimum Gasteiger partial charge on any atom is -0.490 e. The minimum atomic E-state index is -0.485. The zero-order valence-electron chi connectivity index (χ0n) is 15.3. The molecule has 2 heterocycles. The smallest absolute Gasteiger partial charge is 0.339 e. The normalized spacial score (nSPS) is 10.5. The third-order valence-corrected chi connectivity index (χ3v) is 3.63. The van der Waals surface area contributed by atoms with Gasteiger partial charge >= 0.3 is 5.97 Å². The Bertz CT molecular complexity index is 939. The molecule has 3 rings (SSSR count). The van der Waals surface area contributed by atoms with Crippen LogP contribution in [0.25, 0.3) is 22.8 Å². The Hall–Kier alpha value is -3.42. The fraction of sp³-hybridized carbons (Fsp3) is 0.263. The Labute approximate surface area is 156 Å². The van der Waals surface area contributed by atoms with E-state index in [1.807, 2.05) is 19.9 Å². The lowest BCUT2D eigenvalue weighted by molar-refractivity contribution is 0.0600. The van der Waals surface area contributed by atoms with Gasteiger partial charge in [-0.25, -0.2) is 4.79 Å². The van der Waals surface area contributed by atoms with E-state index in [0.717, 1.165) is 0 Å². The Morgan fingerprint density at radius 2 is 1.81 bits per heavy atom. The van der Waals surface area contributed by atoms with Crippen molar-refractivity contribution in [1.29, 1.82) is 0 Å². The molecule has 0 fully saturated rings. The molecule has 0 spiro atoms. The molecular weight excluding hydrogens is 350 g/mol. The van der Waals surface area contributed by atoms with E-state index in [4.69, 9.17) is 18.7 Å². The van der Waals surface area contributed by atoms with Crippen molar-refractivity contribution in [1.82, 2.24) is 15.1 Å². The zero-order valence-corrected chi connectivity index (χ0v) is 15.3. The van der Waals surface area contributed by atoms with Crippen LogP contribution >= 0.6 is 0 Å². The molecule has 0 aliphatic rings. The van der Waals surface area contributed by atoms with Crippen molar-refractivity contribution >= 4 is 5.97 Å². The van der Waals surface area contributed by atoms with Gasteiger partial charge in [-0.1, -0.05) is 5.16 Å². The van der Waals surface area contributed by atoms with Crippen LogP contribution in [-0.2, 0) is 4.74 Å². The number of aromatic nitrogens is 3. The molecule has 1 aromatic carbocycles. The van der Waals surface area contributed by atoms with Gasteiger partial charge in [0, 0.05) is 23.5 Å². The molecule has 0 atom stereocenters. The lowest BCUT2D eigenvalue weighted by atomic mass is 10.2. The average Bonchev–Trinajstić information content (AvgIpc) is 3.19. The summed E-state index contributed by atoms with van der Waals surface area (Å²) in [6.07, 6.45) is 2.96. The maximum atomic E-state index is 11.7. The van der Waals surface area contributed by atoms with E-state index >= 15 is 0 Å². The number of benzene rings is 1. The molecule has 0 aliphatic carbocycles. The second kappa shape index (κ2) is 8.31. The zero-order chi connectivity index (χ0) is 19.2. The van der Waals surface area contributed by atoms with E-state index in [1.165, 1.54) is 13.3 Å². The van der Waals surface area contributed by atoms with Crippen molar-refractivity contribution in [2.24, 2.45) is 0 Å². The largest absolute Gasteiger partial charge is 0.490 e. The summed E-state index contributed by atoms with van der Waals surface area (Å²) in [5.41, 5.74) is 1.54. The molecule has 2 aromatic heterocycles. The first-order valence-electron chi connectivity index (χ1n) is 8.43. The van der Waals surface area contributed by atoms with E-state index in [0.29, 0.717) is 53.1 Å². The van der Waals surface area contributed by atoms with Crippen molar-refractivity contribution in [3.8, 4) is 34.3 Å². The molecule has 0 bridgehead atoms. The average molecular weight is 369 g/mol. The Morgan fingerprint density at radius 1 is 1.04 bits per heavy atom. The van der Waals surface area contributed by atoms with Crippen LogP contribution < -0.4 is 9.47 Å². The highest BCUT2D eigenvalue weighted by atomic mass is 16.5. The lowest BCUT2D eigenvalue weighted by Crippen LogP contribution is -2.02. The fourth-order valence-electron chi connectivity index (χ4n) is 2.43. The van der Waals surface area contributed by atoms with Crippen LogP contribution in [0.2, 0.25) is 0 Å². The number of carbonyl (C=O) groups is 1. The second-order valence-electron chi connectivity index (χ2n) is 5.40. The molecular formula is C19H19N3O5. The number of nitrogens with zero attached hydrogens (tertiary/aromatic N) is 3. The number of ether oxygens (including phenoxy) is 3. The first kappa shape index (κ1) is 18.4. The third-order valence-electron chi connectivity index (χ3n) is 3.63. The standard InChI is InChI=1S/C19H19N3O5/c1-4-25-15-7-6-12(9-16(15)26-5-2)18-21-17(22-27-18)13-8-14(11-20-10-13)19(23)24-3/h6-11H,4-5H2,1-3H3. The highest BCUT2D eigenvalue weighted by Crippen LogP contribution is 2.33. The Morgan fingerprint density at radius 3 is 2.56 bits per heavy atom. The number of methoxy groups -OCH3 is 1. The Balaban J connectivity index is 1.92. The fourth-order valence-corrected chi connectivity index (χ4v) is 2.43. The van der Waals surface area contributed by atoms with Gasteiger partial charge in [-0.15, -0.1) is 0 Å². The first-order valence-corrected chi connectivity index (χ1v) is 8.43. The van der Waals surface area contributed by atoms with Crippen molar-refractivity contribution in [3.63, 3.8) is 0 Å². The van der Waals surface area contributed by atoms with Crippen LogP contribution in [0.5, 0.6) is 11.5 Å². The number of carbonyl (C=O) groups excluding carboxylic acids is 1. The summed E-state index contributed by atoms with van der Waals surface area (Å²) in [5.74, 6) is 1.40. The SMILES string of the molecule is CCOc1ccc(-c2nc(-c3cncc(C(=O)OC)c3)no2)cc1OCC. The van der Waals surface area contributed by atoms with Crippen molar-refractivity contribution < 1.29 is 23.5 Å². The number of pyridine rings is 1. The van der Waals surface area contributed by atoms with Crippen molar-refractivity contribution in [3.05, 3.63) is 42.2 Å². The number of rotatable bonds is 7. The quantitative estimate of drug-likeness (QED) is 0.585. The molecule has 140 valence electrons. The van der Waals surface area contributed by atoms with Crippen LogP contribution in [0.15, 0.2) is 41.2 Å². The molecule has 0 N–H and O–H groups in total. The molecule has 27 heavy (non-hydrogen) atoms. The summed E-state index contributed by atoms with van der Waals surface area (Å²) in [6, 6.07) is 6.99. The molecule has 0 aliphatic heterocycles. The van der Waals surface area contributed by atoms with Gasteiger partial charge in [-0.3, -0.25) is 4.98 Å². The molecule has 3 aromatic rings. The van der Waals surface area contributed by atoms with Gasteiger partial charge in [0.25, 0.3) is 5.89 Å². The number of hydrogen-bond donors (Lipinski definition) is 0. The Kier molecular flexibility index (Phi) is 5.65. The summed E-state index contributed by atoms with van der Waals surface area (Å²) in [5, 5.41) is 3.97. The van der Waals surface area contributed by atoms with E-state index in [-0.39, 0.29) is 0 Å². The van der Waals surface area contributed by atoms with E-state index in [1.54, 1.807) is 24.4 Å². The monoisotopic (exact) mass is 369 g/mol. The number of esters is 1. The second-order valence-corrected chi connectivity index (χ2v) is 5.40. The van der Waals surface area contributed by atoms with Gasteiger partial charge in [0.15, 0.2) is 11.5 Å². The summed E-state index contributed by atoms with van der Waals surface area (Å²) < 4.78 is 21.2.